The fraction of sp³-hybridized carbons (Fsp3) is 0.571. The van der Waals surface area contributed by atoms with Crippen LogP contribution in [0.15, 0.2) is 6.07 Å². The summed E-state index contributed by atoms with van der Waals surface area (Å²) in [4.78, 5) is 27.6. The van der Waals surface area contributed by atoms with Crippen molar-refractivity contribution in [2.45, 2.75) is 13.8 Å². The van der Waals surface area contributed by atoms with E-state index in [2.05, 4.69) is 5.32 Å². The number of nitrogens with one attached hydrogen (secondary N) is 1. The van der Waals surface area contributed by atoms with Crippen molar-refractivity contribution in [1.82, 2.24) is 10.2 Å². The van der Waals surface area contributed by atoms with Gasteiger partial charge in [-0.2, -0.15) is 0 Å². The number of thiophene rings is 1. The lowest BCUT2D eigenvalue weighted by Crippen LogP contribution is -2.38. The Morgan fingerprint density at radius 3 is 2.60 bits per heavy atom. The summed E-state index contributed by atoms with van der Waals surface area (Å²) in [6.07, 6.45) is 0. The van der Waals surface area contributed by atoms with E-state index in [0.29, 0.717) is 13.2 Å². The van der Waals surface area contributed by atoms with Crippen LogP contribution in [0.25, 0.3) is 0 Å². The van der Waals surface area contributed by atoms with Crippen LogP contribution in [-0.4, -0.2) is 57.0 Å². The highest BCUT2D eigenvalue weighted by Gasteiger charge is 2.15. The molecule has 1 N–H and O–H groups in total. The third-order valence-electron chi connectivity index (χ3n) is 2.80. The highest BCUT2D eigenvalue weighted by Crippen LogP contribution is 2.21. The number of amides is 1. The van der Waals surface area contributed by atoms with Crippen molar-refractivity contribution < 1.29 is 14.3 Å². The van der Waals surface area contributed by atoms with Gasteiger partial charge in [0.15, 0.2) is 5.78 Å². The second kappa shape index (κ2) is 8.14. The van der Waals surface area contributed by atoms with Crippen LogP contribution in [0, 0.1) is 13.8 Å². The van der Waals surface area contributed by atoms with Gasteiger partial charge in [0.2, 0.25) is 5.91 Å². The van der Waals surface area contributed by atoms with E-state index in [4.69, 9.17) is 4.74 Å². The number of likely N-dealkylation sites (N-methyl/N-ethyl adjacent to an activating group) is 1. The minimum Gasteiger partial charge on any atom is -0.383 e. The van der Waals surface area contributed by atoms with Gasteiger partial charge in [0.25, 0.3) is 0 Å². The minimum absolute atomic E-state index is 0.0547. The Morgan fingerprint density at radius 1 is 1.35 bits per heavy atom. The van der Waals surface area contributed by atoms with E-state index >= 15 is 0 Å². The molecule has 112 valence electrons. The molecule has 20 heavy (non-hydrogen) atoms. The van der Waals surface area contributed by atoms with E-state index in [0.717, 1.165) is 15.3 Å². The van der Waals surface area contributed by atoms with Crippen molar-refractivity contribution >= 4 is 23.0 Å². The monoisotopic (exact) mass is 298 g/mol. The Hall–Kier alpha value is -1.24. The second-order valence-corrected chi connectivity index (χ2v) is 6.23. The van der Waals surface area contributed by atoms with Gasteiger partial charge < -0.3 is 10.1 Å². The summed E-state index contributed by atoms with van der Waals surface area (Å²) in [6, 6.07) is 1.91. The molecule has 1 aromatic heterocycles. The standard InChI is InChI=1S/C14H22N2O3S/c1-10-7-12(11(2)20-10)13(17)8-16(3)9-14(18)15-5-6-19-4/h7H,5-6,8-9H2,1-4H3,(H,15,18). The molecule has 1 rings (SSSR count). The normalized spacial score (nSPS) is 10.8. The first kappa shape index (κ1) is 16.8. The van der Waals surface area contributed by atoms with Crippen LogP contribution in [0.1, 0.15) is 20.1 Å². The van der Waals surface area contributed by atoms with Gasteiger partial charge in [0, 0.05) is 29.0 Å². The fourth-order valence-corrected chi connectivity index (χ4v) is 2.83. The fourth-order valence-electron chi connectivity index (χ4n) is 1.89. The Balaban J connectivity index is 2.42. The number of hydrogen-bond donors (Lipinski definition) is 1. The number of methoxy groups -OCH3 is 1. The molecule has 0 aliphatic carbocycles. The van der Waals surface area contributed by atoms with Gasteiger partial charge in [-0.05, 0) is 27.0 Å². The van der Waals surface area contributed by atoms with E-state index in [1.807, 2.05) is 19.9 Å². The van der Waals surface area contributed by atoms with Crippen LogP contribution in [0.5, 0.6) is 0 Å². The molecule has 0 spiro atoms. The predicted octanol–water partition coefficient (Wildman–Crippen LogP) is 1.24. The van der Waals surface area contributed by atoms with E-state index in [9.17, 15) is 9.59 Å². The third-order valence-corrected chi connectivity index (χ3v) is 3.76. The van der Waals surface area contributed by atoms with Crippen LogP contribution >= 0.6 is 11.3 Å². The van der Waals surface area contributed by atoms with Crippen LogP contribution in [0.3, 0.4) is 0 Å². The average molecular weight is 298 g/mol. The molecule has 0 aliphatic heterocycles. The third kappa shape index (κ3) is 5.40. The number of rotatable bonds is 8. The lowest BCUT2D eigenvalue weighted by Gasteiger charge is -2.15. The summed E-state index contributed by atoms with van der Waals surface area (Å²) in [5.74, 6) is -0.0467. The van der Waals surface area contributed by atoms with Gasteiger partial charge in [0.1, 0.15) is 0 Å². The first-order chi connectivity index (χ1) is 9.43. The van der Waals surface area contributed by atoms with Crippen molar-refractivity contribution in [2.75, 3.05) is 40.4 Å². The Morgan fingerprint density at radius 2 is 2.05 bits per heavy atom. The number of carbonyl (C=O) groups excluding carboxylic acids is 2. The largest absolute Gasteiger partial charge is 0.383 e. The molecule has 6 heteroatoms. The summed E-state index contributed by atoms with van der Waals surface area (Å²) >= 11 is 1.62. The molecule has 1 amide bonds. The Bertz CT molecular complexity index is 471. The molecule has 0 radical (unpaired) electrons. The molecule has 5 nitrogen and oxygen atoms in total. The number of nitrogens with zero attached hydrogens (tertiary/aromatic N) is 1. The molecule has 0 saturated heterocycles. The SMILES string of the molecule is COCCNC(=O)CN(C)CC(=O)c1cc(C)sc1C. The zero-order valence-corrected chi connectivity index (χ0v) is 13.3. The smallest absolute Gasteiger partial charge is 0.234 e. The highest BCUT2D eigenvalue weighted by molar-refractivity contribution is 7.12. The van der Waals surface area contributed by atoms with Crippen LogP contribution in [-0.2, 0) is 9.53 Å². The number of ether oxygens (including phenoxy) is 1. The molecule has 0 saturated carbocycles. The van der Waals surface area contributed by atoms with Gasteiger partial charge >= 0.3 is 0 Å². The van der Waals surface area contributed by atoms with Crippen molar-refractivity contribution in [3.05, 3.63) is 21.4 Å². The lowest BCUT2D eigenvalue weighted by molar-refractivity contribution is -0.122. The van der Waals surface area contributed by atoms with Crippen molar-refractivity contribution in [1.29, 1.82) is 0 Å². The number of hydrogen-bond acceptors (Lipinski definition) is 5. The van der Waals surface area contributed by atoms with Gasteiger partial charge in [0.05, 0.1) is 19.7 Å². The first-order valence-corrected chi connectivity index (χ1v) is 7.30. The molecule has 0 bridgehead atoms. The maximum Gasteiger partial charge on any atom is 0.234 e. The van der Waals surface area contributed by atoms with Gasteiger partial charge in [-0.1, -0.05) is 0 Å². The summed E-state index contributed by atoms with van der Waals surface area (Å²) < 4.78 is 4.85. The molecule has 1 heterocycles. The van der Waals surface area contributed by atoms with Crippen molar-refractivity contribution in [3.63, 3.8) is 0 Å². The molecular weight excluding hydrogens is 276 g/mol. The summed E-state index contributed by atoms with van der Waals surface area (Å²) in [6.45, 7) is 5.36. The van der Waals surface area contributed by atoms with Crippen LogP contribution in [0.2, 0.25) is 0 Å². The van der Waals surface area contributed by atoms with Gasteiger partial charge in [-0.15, -0.1) is 11.3 Å². The molecule has 0 aliphatic rings. The van der Waals surface area contributed by atoms with Gasteiger partial charge in [-0.25, -0.2) is 0 Å². The Labute approximate surface area is 123 Å². The molecule has 0 unspecified atom stereocenters. The molecule has 1 aromatic rings. The average Bonchev–Trinajstić information content (AvgIpc) is 2.68. The summed E-state index contributed by atoms with van der Waals surface area (Å²) in [5, 5.41) is 2.73. The maximum absolute atomic E-state index is 12.1. The zero-order valence-electron chi connectivity index (χ0n) is 12.5. The summed E-state index contributed by atoms with van der Waals surface area (Å²) in [7, 11) is 3.35. The van der Waals surface area contributed by atoms with E-state index in [1.54, 1.807) is 30.4 Å². The van der Waals surface area contributed by atoms with E-state index in [1.165, 1.54) is 0 Å². The number of aryl methyl sites for hydroxylation is 2. The summed E-state index contributed by atoms with van der Waals surface area (Å²) in [5.41, 5.74) is 0.763. The van der Waals surface area contributed by atoms with Crippen LogP contribution < -0.4 is 5.32 Å². The first-order valence-electron chi connectivity index (χ1n) is 6.48. The Kier molecular flexibility index (Phi) is 6.84. The van der Waals surface area contributed by atoms with Crippen molar-refractivity contribution in [2.24, 2.45) is 0 Å². The lowest BCUT2D eigenvalue weighted by atomic mass is 10.1. The molecule has 0 aromatic carbocycles. The van der Waals surface area contributed by atoms with Crippen LogP contribution in [0.4, 0.5) is 0 Å². The van der Waals surface area contributed by atoms with Gasteiger partial charge in [-0.3, -0.25) is 14.5 Å². The maximum atomic E-state index is 12.1. The van der Waals surface area contributed by atoms with E-state index < -0.39 is 0 Å². The topological polar surface area (TPSA) is 58.6 Å². The van der Waals surface area contributed by atoms with E-state index in [-0.39, 0.29) is 24.8 Å². The molecule has 0 fully saturated rings. The predicted molar refractivity (Wildman–Crippen MR) is 80.5 cm³/mol. The number of Topliss-reactive ketones (excluding diaryl/α,β-unsaturated/α-hetero) is 1. The highest BCUT2D eigenvalue weighted by atomic mass is 32.1. The number of ketones is 1. The molecular formula is C14H22N2O3S. The van der Waals surface area contributed by atoms with Crippen molar-refractivity contribution in [3.8, 4) is 0 Å². The minimum atomic E-state index is -0.101. The zero-order chi connectivity index (χ0) is 15.1. The quantitative estimate of drug-likeness (QED) is 0.579. The number of carbonyl (C=O) groups is 2. The molecule has 0 atom stereocenters. The second-order valence-electron chi connectivity index (χ2n) is 4.77.